The molecule has 0 bridgehead atoms. The first-order chi connectivity index (χ1) is 11.2. The second kappa shape index (κ2) is 9.33. The van der Waals surface area contributed by atoms with E-state index >= 15 is 0 Å². The number of imidazole rings is 1. The van der Waals surface area contributed by atoms with E-state index in [0.29, 0.717) is 6.54 Å². The van der Waals surface area contributed by atoms with Crippen LogP contribution in [0.2, 0.25) is 0 Å². The van der Waals surface area contributed by atoms with Gasteiger partial charge in [0.2, 0.25) is 5.91 Å². The molecule has 1 aromatic carbocycles. The lowest BCUT2D eigenvalue weighted by Crippen LogP contribution is -2.23. The molecule has 0 saturated heterocycles. The molecule has 4 nitrogen and oxygen atoms in total. The highest BCUT2D eigenvalue weighted by atomic mass is 16.1. The topological polar surface area (TPSA) is 46.9 Å². The van der Waals surface area contributed by atoms with E-state index in [1.807, 2.05) is 6.07 Å². The maximum absolute atomic E-state index is 11.0. The van der Waals surface area contributed by atoms with Gasteiger partial charge < -0.3 is 9.88 Å². The van der Waals surface area contributed by atoms with Gasteiger partial charge in [-0.05, 0) is 18.6 Å². The van der Waals surface area contributed by atoms with Gasteiger partial charge in [-0.25, -0.2) is 4.98 Å². The molecule has 2 rings (SSSR count). The van der Waals surface area contributed by atoms with Crippen LogP contribution in [0.3, 0.4) is 0 Å². The van der Waals surface area contributed by atoms with E-state index in [1.165, 1.54) is 44.0 Å². The van der Waals surface area contributed by atoms with Crippen LogP contribution in [0.4, 0.5) is 0 Å². The van der Waals surface area contributed by atoms with Crippen molar-refractivity contribution in [2.24, 2.45) is 0 Å². The number of benzene rings is 1. The largest absolute Gasteiger partial charge is 0.356 e. The molecule has 23 heavy (non-hydrogen) atoms. The number of hydrogen-bond donors (Lipinski definition) is 1. The van der Waals surface area contributed by atoms with Crippen LogP contribution in [0.5, 0.6) is 0 Å². The Bertz CT molecular complexity index is 618. The number of fused-ring (bicyclic) bond motifs is 1. The third kappa shape index (κ3) is 5.38. The first kappa shape index (κ1) is 17.5. The van der Waals surface area contributed by atoms with Gasteiger partial charge in [0.05, 0.1) is 11.0 Å². The Hall–Kier alpha value is -1.84. The number of unbranched alkanes of at least 4 members (excludes halogenated alkanes) is 5. The molecular formula is C19H29N3O. The maximum Gasteiger partial charge on any atom is 0.216 e. The minimum atomic E-state index is 0.0172. The Morgan fingerprint density at radius 2 is 1.87 bits per heavy atom. The van der Waals surface area contributed by atoms with Crippen LogP contribution in [0.15, 0.2) is 24.3 Å². The molecule has 0 atom stereocenters. The van der Waals surface area contributed by atoms with Gasteiger partial charge in [-0.1, -0.05) is 51.2 Å². The van der Waals surface area contributed by atoms with Crippen LogP contribution in [-0.2, 0) is 17.8 Å². The predicted octanol–water partition coefficient (Wildman–Crippen LogP) is 4.08. The predicted molar refractivity (Wildman–Crippen MR) is 95.5 cm³/mol. The third-order valence-electron chi connectivity index (χ3n) is 4.19. The molecule has 1 aromatic heterocycles. The summed E-state index contributed by atoms with van der Waals surface area (Å²) in [6.45, 7) is 5.47. The third-order valence-corrected chi connectivity index (χ3v) is 4.19. The second-order valence-corrected chi connectivity index (χ2v) is 6.17. The number of rotatable bonds is 10. The molecule has 0 radical (unpaired) electrons. The molecule has 126 valence electrons. The lowest BCUT2D eigenvalue weighted by atomic mass is 10.1. The number of aromatic nitrogens is 2. The SMILES string of the molecule is CCCCCCCCn1c(CCNC(C)=O)nc2ccccc21. The highest BCUT2D eigenvalue weighted by Gasteiger charge is 2.10. The molecule has 0 aliphatic rings. The maximum atomic E-state index is 11.0. The van der Waals surface area contributed by atoms with Crippen molar-refractivity contribution < 1.29 is 4.79 Å². The van der Waals surface area contributed by atoms with Gasteiger partial charge in [-0.15, -0.1) is 0 Å². The monoisotopic (exact) mass is 315 g/mol. The van der Waals surface area contributed by atoms with Crippen molar-refractivity contribution >= 4 is 16.9 Å². The van der Waals surface area contributed by atoms with Crippen LogP contribution in [-0.4, -0.2) is 22.0 Å². The number of aryl methyl sites for hydroxylation is 1. The Kier molecular flexibility index (Phi) is 7.11. The fraction of sp³-hybridized carbons (Fsp3) is 0.579. The van der Waals surface area contributed by atoms with Gasteiger partial charge in [-0.2, -0.15) is 0 Å². The number of carbonyl (C=O) groups is 1. The van der Waals surface area contributed by atoms with Crippen molar-refractivity contribution in [2.75, 3.05) is 6.54 Å². The van der Waals surface area contributed by atoms with E-state index in [-0.39, 0.29) is 5.91 Å². The van der Waals surface area contributed by atoms with Crippen LogP contribution in [0, 0.1) is 0 Å². The van der Waals surface area contributed by atoms with Gasteiger partial charge in [0.1, 0.15) is 5.82 Å². The van der Waals surface area contributed by atoms with Crippen molar-refractivity contribution in [1.29, 1.82) is 0 Å². The first-order valence-electron chi connectivity index (χ1n) is 8.91. The zero-order valence-corrected chi connectivity index (χ0v) is 14.5. The highest BCUT2D eigenvalue weighted by Crippen LogP contribution is 2.18. The van der Waals surface area contributed by atoms with Gasteiger partial charge >= 0.3 is 0 Å². The van der Waals surface area contributed by atoms with E-state index in [2.05, 4.69) is 35.0 Å². The quantitative estimate of drug-likeness (QED) is 0.672. The van der Waals surface area contributed by atoms with Gasteiger partial charge in [0.25, 0.3) is 0 Å². The van der Waals surface area contributed by atoms with Crippen molar-refractivity contribution in [3.8, 4) is 0 Å². The fourth-order valence-electron chi connectivity index (χ4n) is 2.97. The molecule has 2 aromatic rings. The van der Waals surface area contributed by atoms with Crippen LogP contribution in [0.1, 0.15) is 58.2 Å². The minimum absolute atomic E-state index is 0.0172. The summed E-state index contributed by atoms with van der Waals surface area (Å²) in [5.74, 6) is 1.09. The van der Waals surface area contributed by atoms with Gasteiger partial charge in [0, 0.05) is 26.4 Å². The molecule has 0 unspecified atom stereocenters. The van der Waals surface area contributed by atoms with E-state index in [0.717, 1.165) is 24.3 Å². The van der Waals surface area contributed by atoms with Crippen molar-refractivity contribution in [2.45, 2.75) is 65.3 Å². The molecule has 0 spiro atoms. The molecule has 1 heterocycles. The summed E-state index contributed by atoms with van der Waals surface area (Å²) in [6.07, 6.45) is 8.55. The summed E-state index contributed by atoms with van der Waals surface area (Å²) >= 11 is 0. The Morgan fingerprint density at radius 3 is 2.65 bits per heavy atom. The number of nitrogens with zero attached hydrogens (tertiary/aromatic N) is 2. The Balaban J connectivity index is 1.98. The number of amides is 1. The van der Waals surface area contributed by atoms with Crippen molar-refractivity contribution in [3.05, 3.63) is 30.1 Å². The van der Waals surface area contributed by atoms with Crippen LogP contribution >= 0.6 is 0 Å². The minimum Gasteiger partial charge on any atom is -0.356 e. The Labute approximate surface area is 139 Å². The molecule has 0 fully saturated rings. The molecular weight excluding hydrogens is 286 g/mol. The first-order valence-corrected chi connectivity index (χ1v) is 8.91. The van der Waals surface area contributed by atoms with Gasteiger partial charge in [-0.3, -0.25) is 4.79 Å². The van der Waals surface area contributed by atoms with Crippen molar-refractivity contribution in [3.63, 3.8) is 0 Å². The fourth-order valence-corrected chi connectivity index (χ4v) is 2.97. The molecule has 0 aliphatic heterocycles. The van der Waals surface area contributed by atoms with Gasteiger partial charge in [0.15, 0.2) is 0 Å². The summed E-state index contributed by atoms with van der Waals surface area (Å²) < 4.78 is 2.33. The Morgan fingerprint density at radius 1 is 1.13 bits per heavy atom. The molecule has 0 saturated carbocycles. The number of carbonyl (C=O) groups excluding carboxylic acids is 1. The van der Waals surface area contributed by atoms with E-state index in [4.69, 9.17) is 4.98 Å². The zero-order valence-electron chi connectivity index (χ0n) is 14.5. The smallest absolute Gasteiger partial charge is 0.216 e. The van der Waals surface area contributed by atoms with Crippen LogP contribution in [0.25, 0.3) is 11.0 Å². The van der Waals surface area contributed by atoms with E-state index in [1.54, 1.807) is 6.92 Å². The lowest BCUT2D eigenvalue weighted by molar-refractivity contribution is -0.118. The van der Waals surface area contributed by atoms with Crippen LogP contribution < -0.4 is 5.32 Å². The molecule has 0 aliphatic carbocycles. The lowest BCUT2D eigenvalue weighted by Gasteiger charge is -2.09. The molecule has 1 amide bonds. The summed E-state index contributed by atoms with van der Waals surface area (Å²) in [6, 6.07) is 8.30. The summed E-state index contributed by atoms with van der Waals surface area (Å²) in [4.78, 5) is 15.8. The zero-order chi connectivity index (χ0) is 16.5. The normalized spacial score (nSPS) is 11.0. The van der Waals surface area contributed by atoms with E-state index < -0.39 is 0 Å². The second-order valence-electron chi connectivity index (χ2n) is 6.17. The average Bonchev–Trinajstić information content (AvgIpc) is 2.88. The molecule has 1 N–H and O–H groups in total. The average molecular weight is 315 g/mol. The van der Waals surface area contributed by atoms with E-state index in [9.17, 15) is 4.79 Å². The number of nitrogens with one attached hydrogen (secondary N) is 1. The van der Waals surface area contributed by atoms with Crippen molar-refractivity contribution in [1.82, 2.24) is 14.9 Å². The summed E-state index contributed by atoms with van der Waals surface area (Å²) in [5.41, 5.74) is 2.26. The number of hydrogen-bond acceptors (Lipinski definition) is 2. The highest BCUT2D eigenvalue weighted by molar-refractivity contribution is 5.76. The number of para-hydroxylation sites is 2. The summed E-state index contributed by atoms with van der Waals surface area (Å²) in [5, 5.41) is 2.86. The standard InChI is InChI=1S/C19H29N3O/c1-3-4-5-6-7-10-15-22-18-12-9-8-11-17(18)21-19(22)13-14-20-16(2)23/h8-9,11-12H,3-7,10,13-15H2,1-2H3,(H,20,23). The molecule has 4 heteroatoms. The summed E-state index contributed by atoms with van der Waals surface area (Å²) in [7, 11) is 0.